The number of rotatable bonds is 1. The van der Waals surface area contributed by atoms with Crippen molar-refractivity contribution in [2.75, 3.05) is 6.61 Å². The quantitative estimate of drug-likeness (QED) is 0.552. The third-order valence-electron chi connectivity index (χ3n) is 1.37. The van der Waals surface area contributed by atoms with E-state index in [1.54, 1.807) is 0 Å². The van der Waals surface area contributed by atoms with Gasteiger partial charge in [-0.15, -0.1) is 0 Å². The molecule has 1 rings (SSSR count). The number of nitrogens with zero attached hydrogens (tertiary/aromatic N) is 1. The van der Waals surface area contributed by atoms with Crippen LogP contribution in [0.5, 0.6) is 0 Å². The summed E-state index contributed by atoms with van der Waals surface area (Å²) in [5, 5.41) is 16.8. The van der Waals surface area contributed by atoms with Gasteiger partial charge < -0.3 is 10.2 Å². The molecule has 8 nitrogen and oxygen atoms in total. The molecule has 0 saturated carbocycles. The van der Waals surface area contributed by atoms with E-state index in [4.69, 9.17) is 10.2 Å². The molecule has 1 saturated heterocycles. The lowest BCUT2D eigenvalue weighted by molar-refractivity contribution is -0.140. The molecule has 1 amide bonds. The number of hydrogen-bond donors (Lipinski definition) is 2. The highest BCUT2D eigenvalue weighted by Crippen LogP contribution is 2.18. The van der Waals surface area contributed by atoms with Crippen molar-refractivity contribution in [1.82, 2.24) is 4.31 Å². The van der Waals surface area contributed by atoms with Gasteiger partial charge in [-0.25, -0.2) is 9.59 Å². The van der Waals surface area contributed by atoms with Gasteiger partial charge in [0, 0.05) is 0 Å². The molecule has 0 aromatic heterocycles. The zero-order chi connectivity index (χ0) is 10.2. The van der Waals surface area contributed by atoms with E-state index in [0.717, 1.165) is 0 Å². The van der Waals surface area contributed by atoms with Gasteiger partial charge in [0.05, 0.1) is 0 Å². The van der Waals surface area contributed by atoms with Gasteiger partial charge in [0.2, 0.25) is 0 Å². The molecule has 0 radical (unpaired) electrons. The Labute approximate surface area is 72.6 Å². The van der Waals surface area contributed by atoms with E-state index in [1.165, 1.54) is 0 Å². The fraction of sp³-hybridized carbons (Fsp3) is 0.500. The normalized spacial score (nSPS) is 25.8. The molecule has 9 heteroatoms. The van der Waals surface area contributed by atoms with Crippen LogP contribution in [0, 0.1) is 0 Å². The summed E-state index contributed by atoms with van der Waals surface area (Å²) in [6.07, 6.45) is -1.87. The van der Waals surface area contributed by atoms with E-state index >= 15 is 0 Å². The van der Waals surface area contributed by atoms with Crippen LogP contribution >= 0.6 is 0 Å². The summed E-state index contributed by atoms with van der Waals surface area (Å²) in [6, 6.07) is -1.69. The molecule has 1 atom stereocenters. The number of carboxylic acids is 1. The first kappa shape index (κ1) is 9.74. The third kappa shape index (κ3) is 1.55. The lowest BCUT2D eigenvalue weighted by Crippen LogP contribution is -2.42. The predicted octanol–water partition coefficient (Wildman–Crippen LogP) is -1.31. The van der Waals surface area contributed by atoms with Gasteiger partial charge in [0.15, 0.2) is 6.04 Å². The molecule has 74 valence electrons. The monoisotopic (exact) mass is 211 g/mol. The fourth-order valence-electron chi connectivity index (χ4n) is 0.831. The highest BCUT2D eigenvalue weighted by molar-refractivity contribution is 7.85. The van der Waals surface area contributed by atoms with Crippen molar-refractivity contribution in [3.8, 4) is 0 Å². The van der Waals surface area contributed by atoms with Crippen LogP contribution in [-0.4, -0.2) is 47.6 Å². The lowest BCUT2D eigenvalue weighted by atomic mass is 10.3. The minimum Gasteiger partial charge on any atom is -0.480 e. The van der Waals surface area contributed by atoms with E-state index in [-0.39, 0.29) is 4.31 Å². The first-order valence-corrected chi connectivity index (χ1v) is 4.37. The van der Waals surface area contributed by atoms with Crippen molar-refractivity contribution in [2.24, 2.45) is 0 Å². The average molecular weight is 211 g/mol. The molecule has 1 fully saturated rings. The second-order valence-corrected chi connectivity index (χ2v) is 3.66. The van der Waals surface area contributed by atoms with Crippen molar-refractivity contribution >= 4 is 22.4 Å². The summed E-state index contributed by atoms with van der Waals surface area (Å²) in [6.45, 7) is -0.691. The molecule has 0 bridgehead atoms. The molecule has 1 aliphatic rings. The molecular weight excluding hydrogens is 206 g/mol. The number of carboxylic acid groups (broad SMARTS) is 2. The Morgan fingerprint density at radius 2 is 1.92 bits per heavy atom. The zero-order valence-corrected chi connectivity index (χ0v) is 6.89. The number of aliphatic carboxylic acids is 1. The maximum absolute atomic E-state index is 10.8. The molecule has 0 aromatic rings. The number of amides is 1. The Morgan fingerprint density at radius 1 is 1.38 bits per heavy atom. The second-order valence-electron chi connectivity index (χ2n) is 2.17. The summed E-state index contributed by atoms with van der Waals surface area (Å²) < 4.78 is 25.4. The fourth-order valence-corrected chi connectivity index (χ4v) is 1.90. The third-order valence-corrected chi connectivity index (χ3v) is 2.70. The molecular formula is C4H5NO7S. The zero-order valence-electron chi connectivity index (χ0n) is 6.08. The van der Waals surface area contributed by atoms with Crippen LogP contribution in [0.4, 0.5) is 4.79 Å². The predicted molar refractivity (Wildman–Crippen MR) is 36.2 cm³/mol. The van der Waals surface area contributed by atoms with Crippen molar-refractivity contribution in [1.29, 1.82) is 0 Å². The SMILES string of the molecule is O=C(O)[C@H]1COS(=O)(=O)N1C(=O)O. The number of hydrogen-bond acceptors (Lipinski definition) is 5. The van der Waals surface area contributed by atoms with Crippen LogP contribution in [-0.2, 0) is 19.3 Å². The molecule has 0 unspecified atom stereocenters. The van der Waals surface area contributed by atoms with E-state index < -0.39 is 35.0 Å². The first-order chi connectivity index (χ1) is 5.86. The molecule has 0 aliphatic carbocycles. The summed E-state index contributed by atoms with van der Waals surface area (Å²) in [5.41, 5.74) is 0. The van der Waals surface area contributed by atoms with E-state index in [1.807, 2.05) is 0 Å². The van der Waals surface area contributed by atoms with Crippen molar-refractivity contribution in [3.05, 3.63) is 0 Å². The second kappa shape index (κ2) is 2.85. The minimum atomic E-state index is -4.43. The molecule has 1 heterocycles. The van der Waals surface area contributed by atoms with Gasteiger partial charge in [-0.1, -0.05) is 0 Å². The molecule has 0 spiro atoms. The maximum atomic E-state index is 10.8. The molecule has 1 aliphatic heterocycles. The van der Waals surface area contributed by atoms with E-state index in [0.29, 0.717) is 0 Å². The topological polar surface area (TPSA) is 121 Å². The Morgan fingerprint density at radius 3 is 2.23 bits per heavy atom. The molecule has 13 heavy (non-hydrogen) atoms. The van der Waals surface area contributed by atoms with E-state index in [9.17, 15) is 18.0 Å². The Hall–Kier alpha value is -1.35. The smallest absolute Gasteiger partial charge is 0.423 e. The van der Waals surface area contributed by atoms with Gasteiger partial charge in [-0.2, -0.15) is 12.7 Å². The minimum absolute atomic E-state index is 0.227. The van der Waals surface area contributed by atoms with Gasteiger partial charge in [-0.05, 0) is 0 Å². The number of carbonyl (C=O) groups is 2. The van der Waals surface area contributed by atoms with Gasteiger partial charge >= 0.3 is 22.4 Å². The Kier molecular flexibility index (Phi) is 2.14. The Balaban J connectivity index is 3.07. The first-order valence-electron chi connectivity index (χ1n) is 3.01. The van der Waals surface area contributed by atoms with Crippen LogP contribution in [0.2, 0.25) is 0 Å². The summed E-state index contributed by atoms with van der Waals surface area (Å²) in [7, 11) is -4.43. The van der Waals surface area contributed by atoms with Gasteiger partial charge in [0.25, 0.3) is 0 Å². The van der Waals surface area contributed by atoms with Crippen LogP contribution in [0.3, 0.4) is 0 Å². The van der Waals surface area contributed by atoms with Crippen molar-refractivity contribution in [2.45, 2.75) is 6.04 Å². The highest BCUT2D eigenvalue weighted by atomic mass is 32.2. The Bertz CT molecular complexity index is 346. The van der Waals surface area contributed by atoms with Crippen LogP contribution in [0.1, 0.15) is 0 Å². The maximum Gasteiger partial charge on any atom is 0.423 e. The summed E-state index contributed by atoms with van der Waals surface area (Å²) in [5.74, 6) is -1.57. The summed E-state index contributed by atoms with van der Waals surface area (Å²) in [4.78, 5) is 20.7. The lowest BCUT2D eigenvalue weighted by Gasteiger charge is -2.12. The van der Waals surface area contributed by atoms with Crippen LogP contribution in [0.25, 0.3) is 0 Å². The average Bonchev–Trinajstić information content (AvgIpc) is 2.24. The van der Waals surface area contributed by atoms with Crippen LogP contribution < -0.4 is 0 Å². The standard InChI is InChI=1S/C4H5NO7S/c6-3(7)2-1-12-13(10,11)5(2)4(8)9/h2H,1H2,(H,6,7)(H,8,9)/t2-/m1/s1. The molecule has 0 aromatic carbocycles. The van der Waals surface area contributed by atoms with Crippen molar-refractivity contribution < 1.29 is 32.4 Å². The highest BCUT2D eigenvalue weighted by Gasteiger charge is 2.46. The van der Waals surface area contributed by atoms with Crippen molar-refractivity contribution in [3.63, 3.8) is 0 Å². The van der Waals surface area contributed by atoms with Crippen LogP contribution in [0.15, 0.2) is 0 Å². The largest absolute Gasteiger partial charge is 0.480 e. The van der Waals surface area contributed by atoms with E-state index in [2.05, 4.69) is 4.18 Å². The van der Waals surface area contributed by atoms with Gasteiger partial charge in [0.1, 0.15) is 6.61 Å². The molecule has 2 N–H and O–H groups in total. The van der Waals surface area contributed by atoms with Gasteiger partial charge in [-0.3, -0.25) is 4.18 Å². The summed E-state index contributed by atoms with van der Waals surface area (Å²) >= 11 is 0.